The molecule has 2 aliphatic rings. The minimum atomic E-state index is 0.640. The summed E-state index contributed by atoms with van der Waals surface area (Å²) in [6, 6.07) is 0. The Morgan fingerprint density at radius 3 is 2.62 bits per heavy atom. The molecule has 0 amide bonds. The van der Waals surface area contributed by atoms with E-state index in [9.17, 15) is 0 Å². The summed E-state index contributed by atoms with van der Waals surface area (Å²) in [5.41, 5.74) is 2.35. The fourth-order valence-electron chi connectivity index (χ4n) is 3.26. The molecule has 1 aliphatic heterocycles. The van der Waals surface area contributed by atoms with Crippen molar-refractivity contribution in [1.29, 1.82) is 0 Å². The molecule has 2 rings (SSSR count). The van der Waals surface area contributed by atoms with Crippen molar-refractivity contribution in [2.45, 2.75) is 46.0 Å². The Hall–Kier alpha value is -0.720. The summed E-state index contributed by atoms with van der Waals surface area (Å²) in [5.74, 6) is 0.718. The smallest absolute Gasteiger partial charge is 0.0246 e. The average molecular weight is 219 g/mol. The third-order valence-corrected chi connectivity index (χ3v) is 4.09. The number of likely N-dealkylation sites (tertiary alicyclic amines) is 1. The highest BCUT2D eigenvalue weighted by atomic mass is 15.2. The topological polar surface area (TPSA) is 3.24 Å². The maximum atomic E-state index is 3.85. The van der Waals surface area contributed by atoms with Gasteiger partial charge in [0.2, 0.25) is 0 Å². The Morgan fingerprint density at radius 2 is 2.00 bits per heavy atom. The van der Waals surface area contributed by atoms with Crippen LogP contribution in [0.25, 0.3) is 0 Å². The molecule has 1 aliphatic carbocycles. The second kappa shape index (κ2) is 4.65. The van der Waals surface area contributed by atoms with Crippen LogP contribution in [-0.2, 0) is 0 Å². The van der Waals surface area contributed by atoms with Gasteiger partial charge in [0.25, 0.3) is 0 Å². The van der Waals surface area contributed by atoms with E-state index in [-0.39, 0.29) is 0 Å². The van der Waals surface area contributed by atoms with E-state index in [1.165, 1.54) is 45.2 Å². The molecule has 1 heterocycles. The van der Waals surface area contributed by atoms with Crippen LogP contribution in [-0.4, -0.2) is 18.0 Å². The number of allylic oxidation sites excluding steroid dienone is 2. The van der Waals surface area contributed by atoms with Crippen molar-refractivity contribution in [1.82, 2.24) is 4.90 Å². The summed E-state index contributed by atoms with van der Waals surface area (Å²) in [7, 11) is 0. The van der Waals surface area contributed by atoms with Gasteiger partial charge in [0, 0.05) is 18.5 Å². The van der Waals surface area contributed by atoms with Crippen molar-refractivity contribution in [3.05, 3.63) is 24.4 Å². The highest BCUT2D eigenvalue weighted by molar-refractivity contribution is 5.09. The van der Waals surface area contributed by atoms with Gasteiger partial charge in [-0.25, -0.2) is 0 Å². The summed E-state index contributed by atoms with van der Waals surface area (Å²) >= 11 is 0. The van der Waals surface area contributed by atoms with E-state index in [4.69, 9.17) is 0 Å². The van der Waals surface area contributed by atoms with Crippen molar-refractivity contribution in [2.75, 3.05) is 13.1 Å². The Balaban J connectivity index is 1.92. The van der Waals surface area contributed by atoms with Crippen LogP contribution in [0.4, 0.5) is 0 Å². The maximum Gasteiger partial charge on any atom is 0.0246 e. The lowest BCUT2D eigenvalue weighted by Gasteiger charge is -2.50. The number of nitrogens with zero attached hydrogens (tertiary/aromatic N) is 1. The van der Waals surface area contributed by atoms with Crippen molar-refractivity contribution in [3.8, 4) is 0 Å². The predicted octanol–water partition coefficient (Wildman–Crippen LogP) is 3.98. The number of hydrogen-bond donors (Lipinski definition) is 0. The molecule has 1 nitrogen and oxygen atoms in total. The van der Waals surface area contributed by atoms with Crippen LogP contribution in [0.5, 0.6) is 0 Å². The molecule has 0 radical (unpaired) electrons. The van der Waals surface area contributed by atoms with Gasteiger partial charge in [0.1, 0.15) is 0 Å². The largest absolute Gasteiger partial charge is 0.377 e. The van der Waals surface area contributed by atoms with Crippen LogP contribution in [0.3, 0.4) is 0 Å². The van der Waals surface area contributed by atoms with E-state index in [0.717, 1.165) is 5.92 Å². The van der Waals surface area contributed by atoms with Crippen molar-refractivity contribution in [3.63, 3.8) is 0 Å². The number of hydrogen-bond acceptors (Lipinski definition) is 1. The third-order valence-electron chi connectivity index (χ3n) is 4.09. The van der Waals surface area contributed by atoms with E-state index in [1.54, 1.807) is 5.57 Å². The van der Waals surface area contributed by atoms with Crippen LogP contribution in [0, 0.1) is 11.3 Å². The molecule has 90 valence electrons. The van der Waals surface area contributed by atoms with Crippen molar-refractivity contribution >= 4 is 0 Å². The Labute approximate surface area is 100 Å². The Bertz CT molecular complexity index is 282. The second-order valence-electron chi connectivity index (χ2n) is 6.01. The van der Waals surface area contributed by atoms with Gasteiger partial charge < -0.3 is 4.90 Å². The molecule has 1 saturated heterocycles. The van der Waals surface area contributed by atoms with Gasteiger partial charge in [-0.15, -0.1) is 0 Å². The molecule has 0 aromatic heterocycles. The molecule has 0 bridgehead atoms. The van der Waals surface area contributed by atoms with Crippen LogP contribution in [0.1, 0.15) is 46.0 Å². The monoisotopic (exact) mass is 219 g/mol. The Morgan fingerprint density at radius 1 is 1.25 bits per heavy atom. The van der Waals surface area contributed by atoms with Gasteiger partial charge in [0.05, 0.1) is 0 Å². The van der Waals surface area contributed by atoms with Gasteiger partial charge in [-0.05, 0) is 44.2 Å². The molecule has 1 saturated carbocycles. The molecule has 16 heavy (non-hydrogen) atoms. The highest BCUT2D eigenvalue weighted by Crippen LogP contribution is 2.44. The SMILES string of the molecule is C=CN1CC2(CCC/C(=C/C(C)C)CC2)C1. The molecule has 1 heteroatoms. The number of rotatable bonds is 2. The van der Waals surface area contributed by atoms with Gasteiger partial charge in [-0.3, -0.25) is 0 Å². The summed E-state index contributed by atoms with van der Waals surface area (Å²) in [6.45, 7) is 10.9. The van der Waals surface area contributed by atoms with E-state index in [1.807, 2.05) is 6.20 Å². The fourth-order valence-corrected chi connectivity index (χ4v) is 3.26. The first-order valence-electron chi connectivity index (χ1n) is 6.70. The van der Waals surface area contributed by atoms with Crippen LogP contribution < -0.4 is 0 Å². The summed E-state index contributed by atoms with van der Waals surface area (Å²) in [6.07, 6.45) is 11.4. The molecule has 1 spiro atoms. The van der Waals surface area contributed by atoms with E-state index in [2.05, 4.69) is 31.4 Å². The van der Waals surface area contributed by atoms with Crippen LogP contribution in [0.2, 0.25) is 0 Å². The molecular weight excluding hydrogens is 194 g/mol. The van der Waals surface area contributed by atoms with E-state index < -0.39 is 0 Å². The molecule has 0 unspecified atom stereocenters. The second-order valence-corrected chi connectivity index (χ2v) is 6.01. The lowest BCUT2D eigenvalue weighted by Crippen LogP contribution is -2.53. The van der Waals surface area contributed by atoms with Crippen LogP contribution in [0.15, 0.2) is 24.4 Å². The molecule has 0 atom stereocenters. The summed E-state index contributed by atoms with van der Waals surface area (Å²) in [4.78, 5) is 2.36. The molecule has 0 aromatic rings. The van der Waals surface area contributed by atoms with E-state index in [0.29, 0.717) is 5.41 Å². The molecule has 0 N–H and O–H groups in total. The first-order chi connectivity index (χ1) is 7.63. The van der Waals surface area contributed by atoms with Crippen LogP contribution >= 0.6 is 0 Å². The normalized spacial score (nSPS) is 26.9. The van der Waals surface area contributed by atoms with Gasteiger partial charge in [0.15, 0.2) is 0 Å². The van der Waals surface area contributed by atoms with E-state index >= 15 is 0 Å². The standard InChI is InChI=1S/C15H25N/c1-4-16-11-15(12-16)8-5-6-14(7-9-15)10-13(2)3/h4,10,13H,1,5-9,11-12H2,2-3H3/b14-10-. The first kappa shape index (κ1) is 11.8. The third kappa shape index (κ3) is 2.50. The fraction of sp³-hybridized carbons (Fsp3) is 0.733. The average Bonchev–Trinajstić information content (AvgIpc) is 2.37. The zero-order chi connectivity index (χ0) is 11.6. The summed E-state index contributed by atoms with van der Waals surface area (Å²) in [5, 5.41) is 0. The van der Waals surface area contributed by atoms with Gasteiger partial charge in [-0.1, -0.05) is 32.1 Å². The highest BCUT2D eigenvalue weighted by Gasteiger charge is 2.41. The Kier molecular flexibility index (Phi) is 3.41. The van der Waals surface area contributed by atoms with Gasteiger partial charge >= 0.3 is 0 Å². The zero-order valence-electron chi connectivity index (χ0n) is 10.8. The predicted molar refractivity (Wildman–Crippen MR) is 70.2 cm³/mol. The van der Waals surface area contributed by atoms with Crippen molar-refractivity contribution in [2.24, 2.45) is 11.3 Å². The minimum Gasteiger partial charge on any atom is -0.377 e. The minimum absolute atomic E-state index is 0.640. The maximum absolute atomic E-state index is 3.85. The molecular formula is C15H25N. The van der Waals surface area contributed by atoms with Crippen molar-refractivity contribution < 1.29 is 0 Å². The quantitative estimate of drug-likeness (QED) is 0.635. The lowest BCUT2D eigenvalue weighted by atomic mass is 9.74. The first-order valence-corrected chi connectivity index (χ1v) is 6.70. The molecule has 0 aromatic carbocycles. The lowest BCUT2D eigenvalue weighted by molar-refractivity contribution is 0.0265. The molecule has 2 fully saturated rings. The zero-order valence-corrected chi connectivity index (χ0v) is 10.8. The van der Waals surface area contributed by atoms with Gasteiger partial charge in [-0.2, -0.15) is 0 Å². The summed E-state index contributed by atoms with van der Waals surface area (Å²) < 4.78 is 0.